The average molecular weight is 379 g/mol. The van der Waals surface area contributed by atoms with Gasteiger partial charge in [0.25, 0.3) is 0 Å². The van der Waals surface area contributed by atoms with Crippen molar-refractivity contribution in [2.24, 2.45) is 5.92 Å². The summed E-state index contributed by atoms with van der Waals surface area (Å²) in [6.45, 7) is 11.8. The van der Waals surface area contributed by atoms with Gasteiger partial charge in [-0.3, -0.25) is 0 Å². The van der Waals surface area contributed by atoms with Gasteiger partial charge in [0, 0.05) is 37.4 Å². The summed E-state index contributed by atoms with van der Waals surface area (Å²) in [5, 5.41) is 0.549. The standard InChI is InChI=1S/C21H35ClN4/c1-16(2)25(6)17(3)19-9-10-20(23-21(19)22)26-14-11-18(12-15-26)8-7-13-24(4)5/h9-10,16,18H,3,7-8,11-15H2,1-2,4-6H3. The van der Waals surface area contributed by atoms with Crippen LogP contribution in [-0.4, -0.2) is 61.6 Å². The van der Waals surface area contributed by atoms with Crippen LogP contribution >= 0.6 is 11.6 Å². The molecule has 26 heavy (non-hydrogen) atoms. The van der Waals surface area contributed by atoms with Gasteiger partial charge in [-0.2, -0.15) is 0 Å². The molecule has 0 amide bonds. The number of pyridine rings is 1. The predicted octanol–water partition coefficient (Wildman–Crippen LogP) is 4.60. The minimum absolute atomic E-state index is 0.379. The molecule has 0 aliphatic carbocycles. The summed E-state index contributed by atoms with van der Waals surface area (Å²) in [5.41, 5.74) is 1.84. The van der Waals surface area contributed by atoms with Gasteiger partial charge in [-0.1, -0.05) is 18.2 Å². The summed E-state index contributed by atoms with van der Waals surface area (Å²) in [7, 11) is 6.34. The fraction of sp³-hybridized carbons (Fsp3) is 0.667. The molecule has 0 unspecified atom stereocenters. The van der Waals surface area contributed by atoms with E-state index >= 15 is 0 Å². The molecule has 5 heteroatoms. The molecule has 0 bridgehead atoms. The van der Waals surface area contributed by atoms with E-state index < -0.39 is 0 Å². The zero-order valence-corrected chi connectivity index (χ0v) is 17.9. The molecule has 0 spiro atoms. The molecule has 146 valence electrons. The second kappa shape index (κ2) is 9.61. The fourth-order valence-corrected chi connectivity index (χ4v) is 3.72. The first-order valence-electron chi connectivity index (χ1n) is 9.78. The fourth-order valence-electron chi connectivity index (χ4n) is 3.46. The van der Waals surface area contributed by atoms with E-state index in [2.05, 4.69) is 66.3 Å². The zero-order valence-electron chi connectivity index (χ0n) is 17.1. The van der Waals surface area contributed by atoms with Crippen molar-refractivity contribution in [1.82, 2.24) is 14.8 Å². The molecule has 2 rings (SSSR count). The van der Waals surface area contributed by atoms with Gasteiger partial charge in [-0.15, -0.1) is 0 Å². The Balaban J connectivity index is 1.93. The topological polar surface area (TPSA) is 22.6 Å². The first-order chi connectivity index (χ1) is 12.3. The van der Waals surface area contributed by atoms with Crippen LogP contribution in [0.5, 0.6) is 0 Å². The number of aromatic nitrogens is 1. The number of nitrogens with zero attached hydrogens (tertiary/aromatic N) is 4. The Labute approximate surface area is 164 Å². The van der Waals surface area contributed by atoms with Crippen LogP contribution in [0.15, 0.2) is 18.7 Å². The Kier molecular flexibility index (Phi) is 7.78. The van der Waals surface area contributed by atoms with Crippen molar-refractivity contribution in [1.29, 1.82) is 0 Å². The third-order valence-electron chi connectivity index (χ3n) is 5.50. The van der Waals surface area contributed by atoms with Crippen LogP contribution in [0, 0.1) is 5.92 Å². The van der Waals surface area contributed by atoms with Gasteiger partial charge < -0.3 is 14.7 Å². The van der Waals surface area contributed by atoms with E-state index in [-0.39, 0.29) is 0 Å². The number of piperidine rings is 1. The van der Waals surface area contributed by atoms with Crippen molar-refractivity contribution in [2.75, 3.05) is 45.7 Å². The molecular weight excluding hydrogens is 344 g/mol. The maximum absolute atomic E-state index is 6.49. The van der Waals surface area contributed by atoms with Crippen molar-refractivity contribution in [3.8, 4) is 0 Å². The van der Waals surface area contributed by atoms with E-state index in [0.717, 1.165) is 36.1 Å². The van der Waals surface area contributed by atoms with E-state index in [0.29, 0.717) is 11.2 Å². The number of hydrogen-bond acceptors (Lipinski definition) is 4. The van der Waals surface area contributed by atoms with Crippen LogP contribution in [0.25, 0.3) is 5.70 Å². The maximum atomic E-state index is 6.49. The molecule has 0 N–H and O–H groups in total. The summed E-state index contributed by atoms with van der Waals surface area (Å²) < 4.78 is 0. The molecule has 0 aromatic carbocycles. The van der Waals surface area contributed by atoms with E-state index in [1.807, 2.05) is 7.05 Å². The Morgan fingerprint density at radius 3 is 2.46 bits per heavy atom. The molecule has 1 saturated heterocycles. The molecule has 0 radical (unpaired) electrons. The molecule has 1 aromatic rings. The highest BCUT2D eigenvalue weighted by Crippen LogP contribution is 2.29. The second-order valence-electron chi connectivity index (χ2n) is 8.04. The lowest BCUT2D eigenvalue weighted by Gasteiger charge is -2.33. The Hall–Kier alpha value is -1.26. The first kappa shape index (κ1) is 21.0. The van der Waals surface area contributed by atoms with Gasteiger partial charge in [0.15, 0.2) is 0 Å². The predicted molar refractivity (Wildman–Crippen MR) is 114 cm³/mol. The quantitative estimate of drug-likeness (QED) is 0.616. The molecule has 1 aliphatic rings. The molecule has 4 nitrogen and oxygen atoms in total. The summed E-state index contributed by atoms with van der Waals surface area (Å²) in [6, 6.07) is 4.53. The van der Waals surface area contributed by atoms with Crippen LogP contribution in [0.2, 0.25) is 5.15 Å². The monoisotopic (exact) mass is 378 g/mol. The molecular formula is C21H35ClN4. The van der Waals surface area contributed by atoms with Crippen molar-refractivity contribution in [3.05, 3.63) is 29.4 Å². The van der Waals surface area contributed by atoms with Crippen LogP contribution in [0.1, 0.15) is 45.1 Å². The first-order valence-corrected chi connectivity index (χ1v) is 10.2. The summed E-state index contributed by atoms with van der Waals surface area (Å²) in [5.74, 6) is 1.84. The van der Waals surface area contributed by atoms with Gasteiger partial charge in [-0.05, 0) is 78.2 Å². The van der Waals surface area contributed by atoms with Crippen molar-refractivity contribution in [3.63, 3.8) is 0 Å². The maximum Gasteiger partial charge on any atom is 0.140 e. The average Bonchev–Trinajstić information content (AvgIpc) is 2.60. The smallest absolute Gasteiger partial charge is 0.140 e. The van der Waals surface area contributed by atoms with Gasteiger partial charge in [0.1, 0.15) is 11.0 Å². The van der Waals surface area contributed by atoms with Crippen molar-refractivity contribution >= 4 is 23.1 Å². The Morgan fingerprint density at radius 1 is 1.27 bits per heavy atom. The van der Waals surface area contributed by atoms with Gasteiger partial charge in [0.2, 0.25) is 0 Å². The van der Waals surface area contributed by atoms with Crippen LogP contribution in [-0.2, 0) is 0 Å². The Bertz CT molecular complexity index is 592. The van der Waals surface area contributed by atoms with E-state index in [1.54, 1.807) is 0 Å². The third kappa shape index (κ3) is 5.62. The van der Waals surface area contributed by atoms with Crippen LogP contribution in [0.4, 0.5) is 5.82 Å². The Morgan fingerprint density at radius 2 is 1.92 bits per heavy atom. The molecule has 2 heterocycles. The minimum Gasteiger partial charge on any atom is -0.372 e. The molecule has 1 aliphatic heterocycles. The van der Waals surface area contributed by atoms with Gasteiger partial charge in [0.05, 0.1) is 0 Å². The van der Waals surface area contributed by atoms with Crippen molar-refractivity contribution in [2.45, 2.75) is 45.6 Å². The van der Waals surface area contributed by atoms with E-state index in [4.69, 9.17) is 11.6 Å². The molecule has 1 aromatic heterocycles. The highest BCUT2D eigenvalue weighted by molar-refractivity contribution is 6.31. The summed E-state index contributed by atoms with van der Waals surface area (Å²) in [6.07, 6.45) is 5.12. The lowest BCUT2D eigenvalue weighted by atomic mass is 9.92. The molecule has 1 fully saturated rings. The number of halogens is 1. The van der Waals surface area contributed by atoms with Gasteiger partial charge in [-0.25, -0.2) is 4.98 Å². The van der Waals surface area contributed by atoms with E-state index in [1.165, 1.54) is 32.2 Å². The number of rotatable bonds is 8. The lowest BCUT2D eigenvalue weighted by molar-refractivity contribution is 0.331. The highest BCUT2D eigenvalue weighted by atomic mass is 35.5. The SMILES string of the molecule is C=C(c1ccc(N2CCC(CCCN(C)C)CC2)nc1Cl)N(C)C(C)C. The van der Waals surface area contributed by atoms with Gasteiger partial charge >= 0.3 is 0 Å². The summed E-state index contributed by atoms with van der Waals surface area (Å²) in [4.78, 5) is 11.4. The number of hydrogen-bond donors (Lipinski definition) is 0. The summed E-state index contributed by atoms with van der Waals surface area (Å²) >= 11 is 6.49. The third-order valence-corrected chi connectivity index (χ3v) is 5.79. The highest BCUT2D eigenvalue weighted by Gasteiger charge is 2.21. The number of anilines is 1. The van der Waals surface area contributed by atoms with E-state index in [9.17, 15) is 0 Å². The molecule has 0 saturated carbocycles. The molecule has 0 atom stereocenters. The normalized spacial score (nSPS) is 15.8. The van der Waals surface area contributed by atoms with Crippen molar-refractivity contribution < 1.29 is 0 Å². The van der Waals surface area contributed by atoms with Crippen LogP contribution in [0.3, 0.4) is 0 Å². The largest absolute Gasteiger partial charge is 0.372 e. The second-order valence-corrected chi connectivity index (χ2v) is 8.39. The zero-order chi connectivity index (χ0) is 19.3. The van der Waals surface area contributed by atoms with Crippen LogP contribution < -0.4 is 4.90 Å². The lowest BCUT2D eigenvalue weighted by Crippen LogP contribution is -2.34. The minimum atomic E-state index is 0.379.